The van der Waals surface area contributed by atoms with Gasteiger partial charge in [0.15, 0.2) is 6.10 Å². The first kappa shape index (κ1) is 20.0. The number of halogens is 4. The second kappa shape index (κ2) is 8.08. The third kappa shape index (κ3) is 4.74. The summed E-state index contributed by atoms with van der Waals surface area (Å²) < 4.78 is 57.2. The smallest absolute Gasteiger partial charge is 0.416 e. The van der Waals surface area contributed by atoms with Crippen LogP contribution in [0.25, 0.3) is 0 Å². The number of piperazine rings is 1. The number of benzene rings is 2. The second-order valence-electron chi connectivity index (χ2n) is 6.57. The van der Waals surface area contributed by atoms with E-state index in [2.05, 4.69) is 0 Å². The molecule has 1 atom stereocenters. The van der Waals surface area contributed by atoms with Gasteiger partial charge in [0.1, 0.15) is 11.6 Å². The highest BCUT2D eigenvalue weighted by atomic mass is 19.4. The lowest BCUT2D eigenvalue weighted by molar-refractivity contribution is -0.138. The number of rotatable bonds is 4. The number of alkyl halides is 3. The summed E-state index contributed by atoms with van der Waals surface area (Å²) in [6, 6.07) is 10.6. The Balaban J connectivity index is 1.57. The minimum absolute atomic E-state index is 0.215. The van der Waals surface area contributed by atoms with Crippen molar-refractivity contribution in [2.45, 2.75) is 19.2 Å². The minimum atomic E-state index is -4.39. The van der Waals surface area contributed by atoms with Crippen molar-refractivity contribution in [2.24, 2.45) is 0 Å². The summed E-state index contributed by atoms with van der Waals surface area (Å²) in [5.74, 6) is -0.213. The lowest BCUT2D eigenvalue weighted by atomic mass is 10.1. The third-order valence-electron chi connectivity index (χ3n) is 4.60. The highest BCUT2D eigenvalue weighted by Crippen LogP contribution is 2.31. The normalized spacial score (nSPS) is 16.0. The van der Waals surface area contributed by atoms with Gasteiger partial charge in [0, 0.05) is 31.9 Å². The van der Waals surface area contributed by atoms with E-state index in [4.69, 9.17) is 4.74 Å². The van der Waals surface area contributed by atoms with Crippen LogP contribution in [0, 0.1) is 5.82 Å². The van der Waals surface area contributed by atoms with Crippen LogP contribution >= 0.6 is 0 Å². The van der Waals surface area contributed by atoms with Crippen LogP contribution in [0.4, 0.5) is 23.2 Å². The van der Waals surface area contributed by atoms with E-state index in [0.717, 1.165) is 12.1 Å². The average molecular weight is 396 g/mol. The van der Waals surface area contributed by atoms with Gasteiger partial charge in [-0.2, -0.15) is 13.2 Å². The number of nitrogens with zero attached hydrogens (tertiary/aromatic N) is 2. The fourth-order valence-electron chi connectivity index (χ4n) is 3.09. The molecule has 0 spiro atoms. The topological polar surface area (TPSA) is 32.8 Å². The van der Waals surface area contributed by atoms with Crippen molar-refractivity contribution < 1.29 is 27.1 Å². The summed E-state index contributed by atoms with van der Waals surface area (Å²) in [6.07, 6.45) is -5.13. The molecule has 1 aliphatic heterocycles. The fraction of sp³-hybridized carbons (Fsp3) is 0.350. The molecule has 4 nitrogen and oxygen atoms in total. The highest BCUT2D eigenvalue weighted by molar-refractivity contribution is 5.81. The Morgan fingerprint density at radius 1 is 1.04 bits per heavy atom. The molecule has 150 valence electrons. The summed E-state index contributed by atoms with van der Waals surface area (Å²) >= 11 is 0. The van der Waals surface area contributed by atoms with E-state index < -0.39 is 23.7 Å². The van der Waals surface area contributed by atoms with E-state index in [9.17, 15) is 22.4 Å². The van der Waals surface area contributed by atoms with Gasteiger partial charge in [-0.15, -0.1) is 0 Å². The summed E-state index contributed by atoms with van der Waals surface area (Å²) in [5.41, 5.74) is -0.206. The number of anilines is 1. The van der Waals surface area contributed by atoms with Gasteiger partial charge in [-0.25, -0.2) is 4.39 Å². The predicted molar refractivity (Wildman–Crippen MR) is 96.7 cm³/mol. The quantitative estimate of drug-likeness (QED) is 0.734. The molecule has 3 rings (SSSR count). The Morgan fingerprint density at radius 2 is 1.68 bits per heavy atom. The molecule has 1 amide bonds. The first-order valence-electron chi connectivity index (χ1n) is 8.87. The highest BCUT2D eigenvalue weighted by Gasteiger charge is 2.31. The molecule has 0 aliphatic carbocycles. The maximum atomic E-state index is 12.9. The maximum absolute atomic E-state index is 12.9. The molecular formula is C20H20F4N2O2. The van der Waals surface area contributed by atoms with Crippen molar-refractivity contribution in [3.05, 3.63) is 59.9 Å². The Morgan fingerprint density at radius 3 is 2.29 bits per heavy atom. The molecule has 0 N–H and O–H groups in total. The van der Waals surface area contributed by atoms with Crippen LogP contribution in [0.15, 0.2) is 48.5 Å². The Kier molecular flexibility index (Phi) is 5.76. The monoisotopic (exact) mass is 396 g/mol. The molecule has 8 heteroatoms. The standard InChI is InChI=1S/C20H20F4N2O2/c1-14(28-18-7-5-16(21)6-8-18)19(27)26-11-9-25(10-12-26)17-4-2-3-15(13-17)20(22,23)24/h2-8,13-14H,9-12H2,1H3/t14-/m0/s1. The van der Waals surface area contributed by atoms with Crippen LogP contribution in [-0.4, -0.2) is 43.1 Å². The fourth-order valence-corrected chi connectivity index (χ4v) is 3.09. The Hall–Kier alpha value is -2.77. The molecule has 0 radical (unpaired) electrons. The average Bonchev–Trinajstić information content (AvgIpc) is 2.69. The zero-order chi connectivity index (χ0) is 20.3. The van der Waals surface area contributed by atoms with Gasteiger partial charge in [-0.1, -0.05) is 6.07 Å². The molecule has 0 aromatic heterocycles. The van der Waals surface area contributed by atoms with E-state index in [1.54, 1.807) is 17.9 Å². The van der Waals surface area contributed by atoms with Crippen molar-refractivity contribution in [3.63, 3.8) is 0 Å². The largest absolute Gasteiger partial charge is 0.481 e. The van der Waals surface area contributed by atoms with Crippen molar-refractivity contribution in [1.82, 2.24) is 4.90 Å². The Bertz CT molecular complexity index is 816. The lowest BCUT2D eigenvalue weighted by Gasteiger charge is -2.37. The van der Waals surface area contributed by atoms with E-state index in [-0.39, 0.29) is 5.91 Å². The number of carbonyl (C=O) groups is 1. The molecule has 1 aliphatic rings. The van der Waals surface area contributed by atoms with Crippen LogP contribution in [0.3, 0.4) is 0 Å². The maximum Gasteiger partial charge on any atom is 0.416 e. The molecule has 0 bridgehead atoms. The van der Waals surface area contributed by atoms with E-state index in [1.165, 1.54) is 30.3 Å². The predicted octanol–water partition coefficient (Wildman–Crippen LogP) is 3.96. The van der Waals surface area contributed by atoms with Crippen molar-refractivity contribution in [2.75, 3.05) is 31.1 Å². The Labute approximate surface area is 160 Å². The van der Waals surface area contributed by atoms with Gasteiger partial charge < -0.3 is 14.5 Å². The molecule has 0 saturated carbocycles. The summed E-state index contributed by atoms with van der Waals surface area (Å²) in [7, 11) is 0. The van der Waals surface area contributed by atoms with Crippen LogP contribution in [0.1, 0.15) is 12.5 Å². The van der Waals surface area contributed by atoms with Crippen molar-refractivity contribution in [1.29, 1.82) is 0 Å². The van der Waals surface area contributed by atoms with Crippen LogP contribution in [0.5, 0.6) is 5.75 Å². The summed E-state index contributed by atoms with van der Waals surface area (Å²) in [5, 5.41) is 0. The number of ether oxygens (including phenoxy) is 1. The van der Waals surface area contributed by atoms with Crippen LogP contribution < -0.4 is 9.64 Å². The number of hydrogen-bond acceptors (Lipinski definition) is 3. The summed E-state index contributed by atoms with van der Waals surface area (Å²) in [4.78, 5) is 16.0. The molecule has 1 fully saturated rings. The SMILES string of the molecule is C[C@H](Oc1ccc(F)cc1)C(=O)N1CCN(c2cccc(C(F)(F)F)c2)CC1. The van der Waals surface area contributed by atoms with Gasteiger partial charge >= 0.3 is 6.18 Å². The molecule has 1 saturated heterocycles. The van der Waals surface area contributed by atoms with Gasteiger partial charge in [0.05, 0.1) is 5.56 Å². The number of carbonyl (C=O) groups excluding carboxylic acids is 1. The molecule has 0 unspecified atom stereocenters. The van der Waals surface area contributed by atoms with Crippen molar-refractivity contribution in [3.8, 4) is 5.75 Å². The van der Waals surface area contributed by atoms with Crippen LogP contribution in [0.2, 0.25) is 0 Å². The van der Waals surface area contributed by atoms with Crippen molar-refractivity contribution >= 4 is 11.6 Å². The third-order valence-corrected chi connectivity index (χ3v) is 4.60. The van der Waals surface area contributed by atoms with E-state index >= 15 is 0 Å². The molecule has 28 heavy (non-hydrogen) atoms. The lowest BCUT2D eigenvalue weighted by Crippen LogP contribution is -2.52. The second-order valence-corrected chi connectivity index (χ2v) is 6.57. The number of amides is 1. The zero-order valence-corrected chi connectivity index (χ0v) is 15.2. The minimum Gasteiger partial charge on any atom is -0.481 e. The molecule has 1 heterocycles. The number of hydrogen-bond donors (Lipinski definition) is 0. The molecular weight excluding hydrogens is 376 g/mol. The first-order chi connectivity index (χ1) is 13.2. The van der Waals surface area contributed by atoms with Gasteiger partial charge in [-0.05, 0) is 49.4 Å². The van der Waals surface area contributed by atoms with Gasteiger partial charge in [0.25, 0.3) is 5.91 Å². The van der Waals surface area contributed by atoms with Gasteiger partial charge in [-0.3, -0.25) is 4.79 Å². The van der Waals surface area contributed by atoms with E-state index in [0.29, 0.717) is 37.6 Å². The summed E-state index contributed by atoms with van der Waals surface area (Å²) in [6.45, 7) is 3.23. The molecule has 2 aromatic rings. The van der Waals surface area contributed by atoms with Gasteiger partial charge in [0.2, 0.25) is 0 Å². The first-order valence-corrected chi connectivity index (χ1v) is 8.87. The zero-order valence-electron chi connectivity index (χ0n) is 15.2. The van der Waals surface area contributed by atoms with Crippen LogP contribution in [-0.2, 0) is 11.0 Å². The molecule has 2 aromatic carbocycles. The van der Waals surface area contributed by atoms with E-state index in [1.807, 2.05) is 4.90 Å².